The Hall–Kier alpha value is -0.670. The molecule has 0 rings (SSSR count). The zero-order valence-electron chi connectivity index (χ0n) is 4.64. The lowest BCUT2D eigenvalue weighted by molar-refractivity contribution is 0.102. The maximum atomic E-state index is 11.3. The van der Waals surface area contributed by atoms with Crippen molar-refractivity contribution in [2.45, 2.75) is 6.43 Å². The molecule has 0 N–H and O–H groups in total. The van der Waals surface area contributed by atoms with Crippen LogP contribution in [0.15, 0.2) is 5.10 Å². The summed E-state index contributed by atoms with van der Waals surface area (Å²) >= 11 is 0. The van der Waals surface area contributed by atoms with Crippen molar-refractivity contribution in [1.82, 2.24) is 5.01 Å². The predicted molar refractivity (Wildman–Crippen MR) is 28.2 cm³/mol. The Labute approximate surface area is 46.8 Å². The number of halogens is 2. The van der Waals surface area contributed by atoms with E-state index in [1.165, 1.54) is 7.05 Å². The van der Waals surface area contributed by atoms with Crippen LogP contribution in [0.2, 0.25) is 0 Å². The molecule has 0 aliphatic rings. The fourth-order valence-corrected chi connectivity index (χ4v) is 0.257. The van der Waals surface area contributed by atoms with Crippen LogP contribution in [0, 0.1) is 0 Å². The van der Waals surface area contributed by atoms with Gasteiger partial charge in [0.25, 0.3) is 6.43 Å². The molecule has 0 heterocycles. The van der Waals surface area contributed by atoms with Gasteiger partial charge in [0.2, 0.25) is 0 Å². The van der Waals surface area contributed by atoms with Gasteiger partial charge in [0.05, 0.1) is 6.54 Å². The molecule has 2 nitrogen and oxygen atoms in total. The molecule has 0 aromatic rings. The quantitative estimate of drug-likeness (QED) is 0.399. The molecule has 0 saturated carbocycles. The van der Waals surface area contributed by atoms with Crippen molar-refractivity contribution >= 4 is 6.72 Å². The normalized spacial score (nSPS) is 9.50. The summed E-state index contributed by atoms with van der Waals surface area (Å²) in [6.45, 7) is 2.71. The Kier molecular flexibility index (Phi) is 3.07. The van der Waals surface area contributed by atoms with E-state index in [2.05, 4.69) is 11.8 Å². The van der Waals surface area contributed by atoms with Gasteiger partial charge >= 0.3 is 0 Å². The number of alkyl halides is 2. The Morgan fingerprint density at radius 1 is 1.75 bits per heavy atom. The van der Waals surface area contributed by atoms with Crippen LogP contribution in [-0.2, 0) is 0 Å². The van der Waals surface area contributed by atoms with Gasteiger partial charge in [-0.1, -0.05) is 0 Å². The van der Waals surface area contributed by atoms with E-state index in [0.717, 1.165) is 5.01 Å². The second-order valence-electron chi connectivity index (χ2n) is 1.37. The third kappa shape index (κ3) is 3.52. The molecule has 0 bridgehead atoms. The van der Waals surface area contributed by atoms with Crippen LogP contribution < -0.4 is 0 Å². The molecule has 0 spiro atoms. The number of hydrazone groups is 1. The molecule has 0 atom stereocenters. The van der Waals surface area contributed by atoms with Crippen LogP contribution in [-0.4, -0.2) is 31.7 Å². The maximum Gasteiger partial charge on any atom is 0.257 e. The molecule has 0 amide bonds. The van der Waals surface area contributed by atoms with Gasteiger partial charge in [-0.05, 0) is 0 Å². The van der Waals surface area contributed by atoms with Crippen molar-refractivity contribution in [3.63, 3.8) is 0 Å². The van der Waals surface area contributed by atoms with Gasteiger partial charge in [-0.15, -0.1) is 0 Å². The van der Waals surface area contributed by atoms with E-state index in [1.54, 1.807) is 0 Å². The second kappa shape index (κ2) is 3.35. The van der Waals surface area contributed by atoms with Crippen LogP contribution in [0.25, 0.3) is 0 Å². The van der Waals surface area contributed by atoms with Crippen LogP contribution in [0.1, 0.15) is 0 Å². The van der Waals surface area contributed by atoms with Gasteiger partial charge in [0.15, 0.2) is 0 Å². The lowest BCUT2D eigenvalue weighted by Gasteiger charge is -2.09. The number of hydrogen-bond donors (Lipinski definition) is 0. The van der Waals surface area contributed by atoms with Gasteiger partial charge in [0, 0.05) is 13.8 Å². The smallest absolute Gasteiger partial charge is 0.257 e. The number of hydrogen-bond acceptors (Lipinski definition) is 2. The second-order valence-corrected chi connectivity index (χ2v) is 1.37. The molecule has 0 fully saturated rings. The molecule has 0 aliphatic heterocycles. The molecule has 0 saturated heterocycles. The molecule has 0 radical (unpaired) electrons. The molecular formula is C4H8F2N2. The van der Waals surface area contributed by atoms with E-state index in [9.17, 15) is 8.78 Å². The highest BCUT2D eigenvalue weighted by molar-refractivity contribution is 5.22. The molecule has 4 heteroatoms. The summed E-state index contributed by atoms with van der Waals surface area (Å²) in [7, 11) is 1.44. The predicted octanol–water partition coefficient (Wildman–Crippen LogP) is 0.799. The molecule has 0 aromatic heterocycles. The first-order valence-electron chi connectivity index (χ1n) is 2.12. The summed E-state index contributed by atoms with van der Waals surface area (Å²) < 4.78 is 22.7. The van der Waals surface area contributed by atoms with Crippen LogP contribution in [0.4, 0.5) is 8.78 Å². The zero-order chi connectivity index (χ0) is 6.57. The summed E-state index contributed by atoms with van der Waals surface area (Å²) in [5.74, 6) is 0. The average molecular weight is 122 g/mol. The Balaban J connectivity index is 3.23. The summed E-state index contributed by atoms with van der Waals surface area (Å²) in [4.78, 5) is 0. The van der Waals surface area contributed by atoms with Gasteiger partial charge in [-0.2, -0.15) is 5.10 Å². The average Bonchev–Trinajstić information content (AvgIpc) is 1.65. The maximum absolute atomic E-state index is 11.3. The minimum Gasteiger partial charge on any atom is -0.295 e. The number of rotatable bonds is 3. The first kappa shape index (κ1) is 7.33. The van der Waals surface area contributed by atoms with E-state index in [0.29, 0.717) is 0 Å². The molecule has 48 valence electrons. The van der Waals surface area contributed by atoms with Gasteiger partial charge in [-0.25, -0.2) is 8.78 Å². The monoisotopic (exact) mass is 122 g/mol. The van der Waals surface area contributed by atoms with E-state index < -0.39 is 6.43 Å². The summed E-state index contributed by atoms with van der Waals surface area (Å²) in [6.07, 6.45) is -2.33. The number of nitrogens with zero attached hydrogens (tertiary/aromatic N) is 2. The molecular weight excluding hydrogens is 114 g/mol. The van der Waals surface area contributed by atoms with Crippen LogP contribution in [0.3, 0.4) is 0 Å². The van der Waals surface area contributed by atoms with Crippen molar-refractivity contribution in [3.8, 4) is 0 Å². The summed E-state index contributed by atoms with van der Waals surface area (Å²) in [6, 6.07) is 0. The van der Waals surface area contributed by atoms with Crippen molar-refractivity contribution in [2.75, 3.05) is 13.6 Å². The van der Waals surface area contributed by atoms with Crippen molar-refractivity contribution in [3.05, 3.63) is 0 Å². The first-order chi connectivity index (χ1) is 3.66. The molecule has 0 aromatic carbocycles. The van der Waals surface area contributed by atoms with E-state index >= 15 is 0 Å². The minimum atomic E-state index is -2.33. The molecule has 0 unspecified atom stereocenters. The van der Waals surface area contributed by atoms with Gasteiger partial charge < -0.3 is 0 Å². The fourth-order valence-electron chi connectivity index (χ4n) is 0.257. The Morgan fingerprint density at radius 2 is 2.25 bits per heavy atom. The van der Waals surface area contributed by atoms with Gasteiger partial charge in [-0.3, -0.25) is 5.01 Å². The Bertz CT molecular complexity index is 74.4. The van der Waals surface area contributed by atoms with Crippen molar-refractivity contribution in [2.24, 2.45) is 5.10 Å². The SMILES string of the molecule is C=NN(C)CC(F)F. The van der Waals surface area contributed by atoms with Crippen molar-refractivity contribution < 1.29 is 8.78 Å². The Morgan fingerprint density at radius 3 is 2.38 bits per heavy atom. The van der Waals surface area contributed by atoms with Crippen molar-refractivity contribution in [1.29, 1.82) is 0 Å². The highest BCUT2D eigenvalue weighted by Gasteiger charge is 2.02. The highest BCUT2D eigenvalue weighted by atomic mass is 19.3. The third-order valence-corrected chi connectivity index (χ3v) is 0.644. The van der Waals surface area contributed by atoms with E-state index in [-0.39, 0.29) is 6.54 Å². The topological polar surface area (TPSA) is 15.6 Å². The van der Waals surface area contributed by atoms with Crippen LogP contribution >= 0.6 is 0 Å². The van der Waals surface area contributed by atoms with E-state index in [4.69, 9.17) is 0 Å². The first-order valence-corrected chi connectivity index (χ1v) is 2.12. The highest BCUT2D eigenvalue weighted by Crippen LogP contribution is 1.93. The fraction of sp³-hybridized carbons (Fsp3) is 0.750. The third-order valence-electron chi connectivity index (χ3n) is 0.644. The summed E-state index contributed by atoms with van der Waals surface area (Å²) in [5, 5.41) is 4.32. The van der Waals surface area contributed by atoms with Gasteiger partial charge in [0.1, 0.15) is 0 Å². The standard InChI is InChI=1S/C4H8F2N2/c1-7-8(2)3-4(5)6/h4H,1,3H2,2H3. The molecule has 0 aliphatic carbocycles. The largest absolute Gasteiger partial charge is 0.295 e. The van der Waals surface area contributed by atoms with Crippen LogP contribution in [0.5, 0.6) is 0 Å². The minimum absolute atomic E-state index is 0.344. The lowest BCUT2D eigenvalue weighted by Crippen LogP contribution is -2.18. The molecule has 8 heavy (non-hydrogen) atoms. The lowest BCUT2D eigenvalue weighted by atomic mass is 10.7. The summed E-state index contributed by atoms with van der Waals surface area (Å²) in [5.41, 5.74) is 0. The van der Waals surface area contributed by atoms with E-state index in [1.807, 2.05) is 0 Å². The zero-order valence-corrected chi connectivity index (χ0v) is 4.64.